The van der Waals surface area contributed by atoms with E-state index in [1.165, 1.54) is 21.5 Å². The number of rotatable bonds is 7. The van der Waals surface area contributed by atoms with E-state index in [0.29, 0.717) is 17.5 Å². The fourth-order valence-corrected chi connectivity index (χ4v) is 9.14. The predicted molar refractivity (Wildman–Crippen MR) is 256 cm³/mol. The summed E-state index contributed by atoms with van der Waals surface area (Å²) >= 11 is 0. The van der Waals surface area contributed by atoms with Gasteiger partial charge in [0.05, 0.1) is 33.4 Å². The molecule has 0 spiro atoms. The number of fused-ring (bicyclic) bond motifs is 6. The number of para-hydroxylation sites is 4. The van der Waals surface area contributed by atoms with E-state index in [1.807, 2.05) is 18.2 Å². The van der Waals surface area contributed by atoms with Crippen molar-refractivity contribution < 1.29 is 0 Å². The van der Waals surface area contributed by atoms with Crippen molar-refractivity contribution in [2.45, 2.75) is 0 Å². The highest BCUT2D eigenvalue weighted by atomic mass is 15.1. The summed E-state index contributed by atoms with van der Waals surface area (Å²) in [5.41, 5.74) is 13.7. The van der Waals surface area contributed by atoms with Crippen LogP contribution in [0.3, 0.4) is 0 Å². The van der Waals surface area contributed by atoms with Crippen molar-refractivity contribution in [1.82, 2.24) is 24.1 Å². The van der Waals surface area contributed by atoms with E-state index in [2.05, 4.69) is 215 Å². The molecule has 0 saturated carbocycles. The first kappa shape index (κ1) is 35.5. The number of hydrogen-bond donors (Lipinski definition) is 0. The van der Waals surface area contributed by atoms with Crippen LogP contribution in [-0.4, -0.2) is 24.1 Å². The summed E-state index contributed by atoms with van der Waals surface area (Å²) in [6.45, 7) is 0. The Morgan fingerprint density at radius 2 is 0.645 bits per heavy atom. The van der Waals surface area contributed by atoms with Crippen LogP contribution >= 0.6 is 0 Å². The van der Waals surface area contributed by atoms with Gasteiger partial charge in [0.2, 0.25) is 0 Å². The molecule has 0 aliphatic rings. The van der Waals surface area contributed by atoms with Crippen LogP contribution in [0, 0.1) is 0 Å². The Morgan fingerprint density at radius 1 is 0.242 bits per heavy atom. The molecule has 3 heterocycles. The molecule has 290 valence electrons. The minimum atomic E-state index is 0.591. The zero-order valence-electron chi connectivity index (χ0n) is 33.6. The van der Waals surface area contributed by atoms with Gasteiger partial charge in [-0.05, 0) is 59.2 Å². The lowest BCUT2D eigenvalue weighted by Crippen LogP contribution is -2.05. The number of benzene rings is 9. The molecule has 0 N–H and O–H groups in total. The predicted octanol–water partition coefficient (Wildman–Crippen LogP) is 14.4. The molecule has 9 aromatic carbocycles. The molecule has 0 aliphatic heterocycles. The van der Waals surface area contributed by atoms with Gasteiger partial charge in [0.15, 0.2) is 17.5 Å². The van der Waals surface area contributed by atoms with Crippen molar-refractivity contribution >= 4 is 43.6 Å². The van der Waals surface area contributed by atoms with Gasteiger partial charge in [-0.25, -0.2) is 15.0 Å². The second-order valence-corrected chi connectivity index (χ2v) is 15.6. The molecule has 0 saturated heterocycles. The standard InChI is InChI=1S/C57H37N5/c1-4-18-38(19-5-1)41-33-35-53(61-49-28-14-10-24-44(49)45-25-11-15-29-50(45)61)48(36-41)57-59-55(40-22-8-3-9-23-40)58-56(60-57)42-32-34-43(39-20-6-2-7-21-39)54(37-42)62-51-30-16-12-26-46(51)47-27-13-17-31-52(47)62/h1-37H. The highest BCUT2D eigenvalue weighted by Crippen LogP contribution is 2.40. The summed E-state index contributed by atoms with van der Waals surface area (Å²) in [6.07, 6.45) is 0. The highest BCUT2D eigenvalue weighted by Gasteiger charge is 2.22. The van der Waals surface area contributed by atoms with Gasteiger partial charge in [-0.3, -0.25) is 0 Å². The first-order valence-electron chi connectivity index (χ1n) is 21.0. The zero-order valence-corrected chi connectivity index (χ0v) is 33.6. The minimum Gasteiger partial charge on any atom is -0.309 e. The van der Waals surface area contributed by atoms with Gasteiger partial charge in [-0.1, -0.05) is 182 Å². The van der Waals surface area contributed by atoms with Crippen LogP contribution in [0.1, 0.15) is 0 Å². The summed E-state index contributed by atoms with van der Waals surface area (Å²) in [5.74, 6) is 1.79. The van der Waals surface area contributed by atoms with Crippen molar-refractivity contribution in [3.8, 4) is 67.8 Å². The van der Waals surface area contributed by atoms with Crippen molar-refractivity contribution in [3.63, 3.8) is 0 Å². The van der Waals surface area contributed by atoms with Gasteiger partial charge in [-0.15, -0.1) is 0 Å². The molecular weight excluding hydrogens is 755 g/mol. The van der Waals surface area contributed by atoms with E-state index in [4.69, 9.17) is 15.0 Å². The third-order valence-corrected chi connectivity index (χ3v) is 12.0. The Kier molecular flexibility index (Phi) is 8.42. The van der Waals surface area contributed by atoms with Gasteiger partial charge in [0.25, 0.3) is 0 Å². The normalized spacial score (nSPS) is 11.5. The van der Waals surface area contributed by atoms with E-state index in [9.17, 15) is 0 Å². The monoisotopic (exact) mass is 791 g/mol. The molecule has 12 rings (SSSR count). The smallest absolute Gasteiger partial charge is 0.166 e. The largest absolute Gasteiger partial charge is 0.309 e. The van der Waals surface area contributed by atoms with Gasteiger partial charge in [0, 0.05) is 43.8 Å². The van der Waals surface area contributed by atoms with Crippen LogP contribution in [-0.2, 0) is 0 Å². The maximum Gasteiger partial charge on any atom is 0.166 e. The summed E-state index contributed by atoms with van der Waals surface area (Å²) < 4.78 is 4.75. The number of nitrogens with zero attached hydrogens (tertiary/aromatic N) is 5. The van der Waals surface area contributed by atoms with E-state index < -0.39 is 0 Å². The second kappa shape index (κ2) is 14.7. The lowest BCUT2D eigenvalue weighted by molar-refractivity contribution is 1.06. The van der Waals surface area contributed by atoms with E-state index in [0.717, 1.165) is 72.4 Å². The van der Waals surface area contributed by atoms with Crippen molar-refractivity contribution in [1.29, 1.82) is 0 Å². The van der Waals surface area contributed by atoms with Gasteiger partial charge >= 0.3 is 0 Å². The van der Waals surface area contributed by atoms with Crippen LogP contribution in [0.4, 0.5) is 0 Å². The summed E-state index contributed by atoms with van der Waals surface area (Å²) in [6, 6.07) is 79.2. The van der Waals surface area contributed by atoms with Crippen LogP contribution in [0.15, 0.2) is 224 Å². The molecule has 3 aromatic heterocycles. The molecule has 0 unspecified atom stereocenters. The van der Waals surface area contributed by atoms with Crippen LogP contribution in [0.5, 0.6) is 0 Å². The fraction of sp³-hybridized carbons (Fsp3) is 0. The number of hydrogen-bond acceptors (Lipinski definition) is 3. The summed E-state index contributed by atoms with van der Waals surface area (Å²) in [7, 11) is 0. The second-order valence-electron chi connectivity index (χ2n) is 15.6. The minimum absolute atomic E-state index is 0.591. The Hall–Kier alpha value is -8.41. The quantitative estimate of drug-likeness (QED) is 0.162. The average Bonchev–Trinajstić information content (AvgIpc) is 3.87. The molecule has 5 heteroatoms. The van der Waals surface area contributed by atoms with Gasteiger partial charge in [-0.2, -0.15) is 0 Å². The Balaban J connectivity index is 1.15. The van der Waals surface area contributed by atoms with Crippen molar-refractivity contribution in [3.05, 3.63) is 224 Å². The van der Waals surface area contributed by atoms with Crippen molar-refractivity contribution in [2.75, 3.05) is 0 Å². The van der Waals surface area contributed by atoms with Crippen LogP contribution in [0.25, 0.3) is 111 Å². The molecule has 0 radical (unpaired) electrons. The third kappa shape index (κ3) is 5.90. The highest BCUT2D eigenvalue weighted by molar-refractivity contribution is 6.11. The van der Waals surface area contributed by atoms with E-state index in [1.54, 1.807) is 0 Å². The lowest BCUT2D eigenvalue weighted by atomic mass is 10.00. The molecular formula is C57H37N5. The van der Waals surface area contributed by atoms with Gasteiger partial charge in [0.1, 0.15) is 0 Å². The van der Waals surface area contributed by atoms with Gasteiger partial charge < -0.3 is 9.13 Å². The maximum atomic E-state index is 5.47. The average molecular weight is 792 g/mol. The summed E-state index contributed by atoms with van der Waals surface area (Å²) in [4.78, 5) is 16.1. The fourth-order valence-electron chi connectivity index (χ4n) is 9.14. The Bertz CT molecular complexity index is 3520. The topological polar surface area (TPSA) is 48.5 Å². The van der Waals surface area contributed by atoms with Crippen LogP contribution < -0.4 is 0 Å². The molecule has 0 fully saturated rings. The number of aromatic nitrogens is 5. The summed E-state index contributed by atoms with van der Waals surface area (Å²) in [5, 5.41) is 4.80. The zero-order chi connectivity index (χ0) is 41.0. The molecule has 0 amide bonds. The third-order valence-electron chi connectivity index (χ3n) is 12.0. The Labute approximate surface area is 358 Å². The van der Waals surface area contributed by atoms with E-state index in [-0.39, 0.29) is 0 Å². The first-order chi connectivity index (χ1) is 30.8. The molecule has 0 bridgehead atoms. The van der Waals surface area contributed by atoms with E-state index >= 15 is 0 Å². The van der Waals surface area contributed by atoms with Crippen molar-refractivity contribution in [2.24, 2.45) is 0 Å². The first-order valence-corrected chi connectivity index (χ1v) is 21.0. The Morgan fingerprint density at radius 3 is 1.18 bits per heavy atom. The molecule has 0 atom stereocenters. The lowest BCUT2D eigenvalue weighted by Gasteiger charge is -2.17. The molecule has 0 aliphatic carbocycles. The molecule has 5 nitrogen and oxygen atoms in total. The van der Waals surface area contributed by atoms with Crippen LogP contribution in [0.2, 0.25) is 0 Å². The molecule has 62 heavy (non-hydrogen) atoms. The SMILES string of the molecule is c1ccc(-c2ccc(-n3c4ccccc4c4ccccc43)c(-c3nc(-c4ccccc4)nc(-c4ccc(-c5ccccc5)c(-n5c6ccccc6c6ccccc65)c4)n3)c2)cc1. The maximum absolute atomic E-state index is 5.47. The molecule has 12 aromatic rings.